The van der Waals surface area contributed by atoms with Gasteiger partial charge in [0.05, 0.1) is 6.61 Å². The van der Waals surface area contributed by atoms with E-state index in [2.05, 4.69) is 24.4 Å². The van der Waals surface area contributed by atoms with Crippen molar-refractivity contribution in [2.45, 2.75) is 39.0 Å². The van der Waals surface area contributed by atoms with Crippen LogP contribution in [-0.2, 0) is 13.0 Å². The number of ether oxygens (including phenoxy) is 4. The maximum atomic E-state index is 5.99. The zero-order valence-corrected chi connectivity index (χ0v) is 15.3. The molecule has 0 radical (unpaired) electrons. The van der Waals surface area contributed by atoms with Crippen molar-refractivity contribution in [1.82, 2.24) is 5.32 Å². The van der Waals surface area contributed by atoms with Crippen molar-refractivity contribution in [3.05, 3.63) is 47.5 Å². The third-order valence-electron chi connectivity index (χ3n) is 4.63. The number of rotatable bonds is 6. The summed E-state index contributed by atoms with van der Waals surface area (Å²) in [4.78, 5) is 0. The number of nitrogens with one attached hydrogen (secondary N) is 1. The third-order valence-corrected chi connectivity index (χ3v) is 4.63. The Hall–Kier alpha value is -2.40. The molecule has 2 atom stereocenters. The molecule has 2 aromatic carbocycles. The summed E-state index contributed by atoms with van der Waals surface area (Å²) in [5, 5.41) is 3.46. The van der Waals surface area contributed by atoms with Gasteiger partial charge in [-0.25, -0.2) is 0 Å². The van der Waals surface area contributed by atoms with Crippen LogP contribution in [0.2, 0.25) is 0 Å². The van der Waals surface area contributed by atoms with Gasteiger partial charge in [0.1, 0.15) is 30.3 Å². The molecule has 2 heterocycles. The summed E-state index contributed by atoms with van der Waals surface area (Å²) < 4.78 is 23.5. The molecule has 0 aromatic heterocycles. The van der Waals surface area contributed by atoms with Crippen LogP contribution in [0.15, 0.2) is 36.4 Å². The fourth-order valence-electron chi connectivity index (χ4n) is 3.44. The van der Waals surface area contributed by atoms with Crippen LogP contribution >= 0.6 is 0 Å². The second kappa shape index (κ2) is 7.46. The van der Waals surface area contributed by atoms with Crippen molar-refractivity contribution in [2.24, 2.45) is 0 Å². The molecule has 4 rings (SSSR count). The van der Waals surface area contributed by atoms with Crippen LogP contribution in [0.5, 0.6) is 23.0 Å². The molecule has 2 aliphatic rings. The van der Waals surface area contributed by atoms with Crippen LogP contribution in [0.25, 0.3) is 0 Å². The van der Waals surface area contributed by atoms with E-state index in [1.54, 1.807) is 0 Å². The molecular formula is C21H25NO4. The van der Waals surface area contributed by atoms with Crippen LogP contribution in [0.1, 0.15) is 25.0 Å². The Morgan fingerprint density at radius 3 is 2.81 bits per heavy atom. The molecule has 0 spiro atoms. The summed E-state index contributed by atoms with van der Waals surface area (Å²) in [5.74, 6) is 3.53. The first-order valence-electron chi connectivity index (χ1n) is 9.27. The molecule has 1 N–H and O–H groups in total. The summed E-state index contributed by atoms with van der Waals surface area (Å²) in [6.45, 7) is 6.70. The van der Waals surface area contributed by atoms with Crippen molar-refractivity contribution in [1.29, 1.82) is 0 Å². The molecule has 2 aromatic rings. The highest BCUT2D eigenvalue weighted by atomic mass is 16.6. The van der Waals surface area contributed by atoms with Crippen LogP contribution in [0.3, 0.4) is 0 Å². The molecule has 5 heteroatoms. The predicted octanol–water partition coefficient (Wildman–Crippen LogP) is 3.34. The number of hydrogen-bond acceptors (Lipinski definition) is 5. The Balaban J connectivity index is 1.38. The lowest BCUT2D eigenvalue weighted by atomic mass is 10.1. The largest absolute Gasteiger partial charge is 0.494 e. The average molecular weight is 355 g/mol. The van der Waals surface area contributed by atoms with E-state index in [-0.39, 0.29) is 12.2 Å². The first-order valence-corrected chi connectivity index (χ1v) is 9.27. The average Bonchev–Trinajstić information content (AvgIpc) is 3.01. The van der Waals surface area contributed by atoms with Crippen LogP contribution in [0.4, 0.5) is 0 Å². The molecule has 0 bridgehead atoms. The highest BCUT2D eigenvalue weighted by Crippen LogP contribution is 2.35. The fourth-order valence-corrected chi connectivity index (χ4v) is 3.44. The Morgan fingerprint density at radius 1 is 1.12 bits per heavy atom. The van der Waals surface area contributed by atoms with Gasteiger partial charge in [0, 0.05) is 30.6 Å². The maximum absolute atomic E-state index is 5.99. The summed E-state index contributed by atoms with van der Waals surface area (Å²) in [6.07, 6.45) is 1.16. The lowest BCUT2D eigenvalue weighted by Crippen LogP contribution is -2.38. The van der Waals surface area contributed by atoms with Crippen LogP contribution in [0, 0.1) is 0 Å². The van der Waals surface area contributed by atoms with E-state index in [9.17, 15) is 0 Å². The molecule has 0 saturated heterocycles. The van der Waals surface area contributed by atoms with E-state index in [1.807, 2.05) is 31.2 Å². The van der Waals surface area contributed by atoms with Gasteiger partial charge >= 0.3 is 0 Å². The zero-order chi connectivity index (χ0) is 17.9. The minimum absolute atomic E-state index is 0.00820. The Bertz CT molecular complexity index is 777. The molecular weight excluding hydrogens is 330 g/mol. The minimum atomic E-state index is -0.00820. The van der Waals surface area contributed by atoms with Gasteiger partial charge in [-0.1, -0.05) is 12.1 Å². The van der Waals surface area contributed by atoms with E-state index in [0.29, 0.717) is 26.3 Å². The smallest absolute Gasteiger partial charge is 0.161 e. The monoisotopic (exact) mass is 355 g/mol. The maximum Gasteiger partial charge on any atom is 0.161 e. The molecule has 0 unspecified atom stereocenters. The Kier molecular flexibility index (Phi) is 4.89. The summed E-state index contributed by atoms with van der Waals surface area (Å²) >= 11 is 0. The van der Waals surface area contributed by atoms with Crippen LogP contribution < -0.4 is 24.3 Å². The van der Waals surface area contributed by atoms with Gasteiger partial charge in [-0.3, -0.25) is 0 Å². The van der Waals surface area contributed by atoms with Gasteiger partial charge in [0.15, 0.2) is 11.5 Å². The first kappa shape index (κ1) is 17.0. The molecule has 5 nitrogen and oxygen atoms in total. The van der Waals surface area contributed by atoms with E-state index in [4.69, 9.17) is 18.9 Å². The molecule has 0 aliphatic carbocycles. The van der Waals surface area contributed by atoms with Crippen LogP contribution in [-0.4, -0.2) is 32.0 Å². The molecule has 0 amide bonds. The van der Waals surface area contributed by atoms with Crippen molar-refractivity contribution < 1.29 is 18.9 Å². The SMILES string of the molecule is CCOc1cc2c(cc1CNC[C@@H]1COc3ccccc3O1)O[C@H](C)C2. The molecule has 0 fully saturated rings. The van der Waals surface area contributed by atoms with Gasteiger partial charge in [0.2, 0.25) is 0 Å². The lowest BCUT2D eigenvalue weighted by molar-refractivity contribution is 0.0901. The highest BCUT2D eigenvalue weighted by molar-refractivity contribution is 5.48. The van der Waals surface area contributed by atoms with Crippen molar-refractivity contribution >= 4 is 0 Å². The molecule has 0 saturated carbocycles. The third kappa shape index (κ3) is 3.58. The second-order valence-electron chi connectivity index (χ2n) is 6.76. The molecule has 26 heavy (non-hydrogen) atoms. The normalized spacial score (nSPS) is 20.4. The van der Waals surface area contributed by atoms with E-state index >= 15 is 0 Å². The summed E-state index contributed by atoms with van der Waals surface area (Å²) in [5.41, 5.74) is 2.34. The van der Waals surface area contributed by atoms with Crippen molar-refractivity contribution in [3.63, 3.8) is 0 Å². The predicted molar refractivity (Wildman–Crippen MR) is 99.5 cm³/mol. The van der Waals surface area contributed by atoms with E-state index in [0.717, 1.165) is 35.0 Å². The van der Waals surface area contributed by atoms with Crippen molar-refractivity contribution in [2.75, 3.05) is 19.8 Å². The number of hydrogen-bond donors (Lipinski definition) is 1. The lowest BCUT2D eigenvalue weighted by Gasteiger charge is -2.26. The molecule has 2 aliphatic heterocycles. The quantitative estimate of drug-likeness (QED) is 0.861. The van der Waals surface area contributed by atoms with Gasteiger partial charge in [-0.15, -0.1) is 0 Å². The summed E-state index contributed by atoms with van der Waals surface area (Å²) in [6, 6.07) is 12.0. The van der Waals surface area contributed by atoms with E-state index in [1.165, 1.54) is 5.56 Å². The van der Waals surface area contributed by atoms with Gasteiger partial charge in [-0.2, -0.15) is 0 Å². The standard InChI is InChI=1S/C21H25NO4/c1-3-23-20-9-15-8-14(2)25-21(15)10-16(20)11-22-12-17-13-24-18-6-4-5-7-19(18)26-17/h4-7,9-10,14,17,22H,3,8,11-13H2,1-2H3/t14-,17-/m1/s1. The van der Waals surface area contributed by atoms with Gasteiger partial charge in [0.25, 0.3) is 0 Å². The van der Waals surface area contributed by atoms with Gasteiger partial charge < -0.3 is 24.3 Å². The van der Waals surface area contributed by atoms with Gasteiger partial charge in [-0.05, 0) is 38.1 Å². The number of benzene rings is 2. The first-order chi connectivity index (χ1) is 12.7. The van der Waals surface area contributed by atoms with E-state index < -0.39 is 0 Å². The van der Waals surface area contributed by atoms with Crippen molar-refractivity contribution in [3.8, 4) is 23.0 Å². The number of para-hydroxylation sites is 2. The highest BCUT2D eigenvalue weighted by Gasteiger charge is 2.23. The Labute approximate surface area is 154 Å². The fraction of sp³-hybridized carbons (Fsp3) is 0.429. The molecule has 138 valence electrons. The Morgan fingerprint density at radius 2 is 1.96 bits per heavy atom. The minimum Gasteiger partial charge on any atom is -0.494 e. The summed E-state index contributed by atoms with van der Waals surface area (Å²) in [7, 11) is 0. The second-order valence-corrected chi connectivity index (χ2v) is 6.76. The number of fused-ring (bicyclic) bond motifs is 2. The topological polar surface area (TPSA) is 49.0 Å². The zero-order valence-electron chi connectivity index (χ0n) is 15.3.